The van der Waals surface area contributed by atoms with Crippen LogP contribution in [-0.4, -0.2) is 29.2 Å². The summed E-state index contributed by atoms with van der Waals surface area (Å²) in [6.45, 7) is 1.69. The van der Waals surface area contributed by atoms with Crippen LogP contribution in [-0.2, 0) is 0 Å². The molecule has 1 saturated heterocycles. The highest BCUT2D eigenvalue weighted by molar-refractivity contribution is 9.10. The van der Waals surface area contributed by atoms with Crippen molar-refractivity contribution in [3.63, 3.8) is 0 Å². The highest BCUT2D eigenvalue weighted by Gasteiger charge is 2.24. The highest BCUT2D eigenvalue weighted by atomic mass is 79.9. The summed E-state index contributed by atoms with van der Waals surface area (Å²) in [4.78, 5) is 14.3. The Morgan fingerprint density at radius 2 is 2.28 bits per heavy atom. The first-order valence-corrected chi connectivity index (χ1v) is 8.21. The van der Waals surface area contributed by atoms with Crippen LogP contribution in [0.25, 0.3) is 0 Å². The Morgan fingerprint density at radius 1 is 1.50 bits per heavy atom. The Balaban J connectivity index is 2.12. The molecule has 1 amide bonds. The van der Waals surface area contributed by atoms with E-state index in [1.165, 1.54) is 6.42 Å². The molecule has 0 aliphatic carbocycles. The zero-order valence-corrected chi connectivity index (χ0v) is 13.8. The zero-order valence-electron chi connectivity index (χ0n) is 9.83. The largest absolute Gasteiger partial charge is 0.338 e. The van der Waals surface area contributed by atoms with Crippen molar-refractivity contribution in [2.24, 2.45) is 5.92 Å². The molecule has 0 N–H and O–H groups in total. The van der Waals surface area contributed by atoms with Gasteiger partial charge in [-0.15, -0.1) is 0 Å². The third-order valence-electron chi connectivity index (χ3n) is 3.19. The molecule has 1 aliphatic rings. The maximum atomic E-state index is 12.4. The van der Waals surface area contributed by atoms with Gasteiger partial charge in [0.05, 0.1) is 5.02 Å². The summed E-state index contributed by atoms with van der Waals surface area (Å²) in [6.07, 6.45) is 2.27. The van der Waals surface area contributed by atoms with Gasteiger partial charge in [0.1, 0.15) is 0 Å². The predicted octanol–water partition coefficient (Wildman–Crippen LogP) is 4.35. The molecule has 0 spiro atoms. The molecular weight excluding hydrogens is 381 g/mol. The number of carbonyl (C=O) groups is 1. The summed E-state index contributed by atoms with van der Waals surface area (Å²) in [6, 6.07) is 5.33. The van der Waals surface area contributed by atoms with Gasteiger partial charge in [0.2, 0.25) is 0 Å². The monoisotopic (exact) mass is 393 g/mol. The van der Waals surface area contributed by atoms with Crippen LogP contribution < -0.4 is 0 Å². The molecule has 1 aliphatic heterocycles. The second-order valence-corrected chi connectivity index (χ2v) is 6.45. The van der Waals surface area contributed by atoms with E-state index >= 15 is 0 Å². The maximum absolute atomic E-state index is 12.4. The summed E-state index contributed by atoms with van der Waals surface area (Å²) in [5.41, 5.74) is 0.696. The molecule has 98 valence electrons. The van der Waals surface area contributed by atoms with Crippen molar-refractivity contribution in [2.45, 2.75) is 12.8 Å². The van der Waals surface area contributed by atoms with Gasteiger partial charge in [0, 0.05) is 28.5 Å². The van der Waals surface area contributed by atoms with Crippen LogP contribution in [0.15, 0.2) is 22.7 Å². The van der Waals surface area contributed by atoms with Crippen molar-refractivity contribution in [3.05, 3.63) is 33.3 Å². The van der Waals surface area contributed by atoms with Crippen molar-refractivity contribution in [3.8, 4) is 0 Å². The van der Waals surface area contributed by atoms with Gasteiger partial charge < -0.3 is 4.90 Å². The quantitative estimate of drug-likeness (QED) is 0.682. The van der Waals surface area contributed by atoms with Crippen molar-refractivity contribution in [2.75, 3.05) is 18.4 Å². The molecule has 5 heteroatoms. The average molecular weight is 396 g/mol. The first-order valence-electron chi connectivity index (χ1n) is 5.92. The summed E-state index contributed by atoms with van der Waals surface area (Å²) >= 11 is 12.8. The number of nitrogens with zero attached hydrogens (tertiary/aromatic N) is 1. The van der Waals surface area contributed by atoms with E-state index in [0.717, 1.165) is 29.3 Å². The predicted molar refractivity (Wildman–Crippen MR) is 81.6 cm³/mol. The van der Waals surface area contributed by atoms with E-state index in [1.807, 2.05) is 4.90 Å². The van der Waals surface area contributed by atoms with Crippen LogP contribution in [0.2, 0.25) is 5.02 Å². The molecule has 1 atom stereocenters. The Morgan fingerprint density at radius 3 is 2.94 bits per heavy atom. The SMILES string of the molecule is O=C(c1ccc(Cl)c(Br)c1)N1CCCC(CBr)C1. The number of piperidine rings is 1. The summed E-state index contributed by atoms with van der Waals surface area (Å²) < 4.78 is 0.768. The van der Waals surface area contributed by atoms with Crippen LogP contribution in [0.5, 0.6) is 0 Å². The van der Waals surface area contributed by atoms with Crippen molar-refractivity contribution < 1.29 is 4.79 Å². The minimum absolute atomic E-state index is 0.0954. The van der Waals surface area contributed by atoms with E-state index in [4.69, 9.17) is 11.6 Å². The lowest BCUT2D eigenvalue weighted by Crippen LogP contribution is -2.40. The van der Waals surface area contributed by atoms with Gasteiger partial charge in [0.25, 0.3) is 5.91 Å². The third kappa shape index (κ3) is 3.28. The lowest BCUT2D eigenvalue weighted by atomic mass is 9.99. The molecule has 1 aromatic rings. The molecule has 0 saturated carbocycles. The maximum Gasteiger partial charge on any atom is 0.253 e. The van der Waals surface area contributed by atoms with E-state index in [1.54, 1.807) is 18.2 Å². The molecule has 1 unspecified atom stereocenters. The number of amides is 1. The second kappa shape index (κ2) is 6.40. The third-order valence-corrected chi connectivity index (χ3v) is 5.32. The van der Waals surface area contributed by atoms with E-state index in [9.17, 15) is 4.79 Å². The molecule has 1 aromatic carbocycles. The van der Waals surface area contributed by atoms with Gasteiger partial charge in [-0.3, -0.25) is 4.79 Å². The molecule has 2 rings (SSSR count). The Kier molecular flexibility index (Phi) is 5.10. The zero-order chi connectivity index (χ0) is 13.1. The number of hydrogen-bond acceptors (Lipinski definition) is 1. The minimum atomic E-state index is 0.0954. The normalized spacial score (nSPS) is 19.9. The average Bonchev–Trinajstić information content (AvgIpc) is 2.41. The van der Waals surface area contributed by atoms with E-state index < -0.39 is 0 Å². The van der Waals surface area contributed by atoms with Crippen molar-refractivity contribution >= 4 is 49.4 Å². The summed E-state index contributed by atoms with van der Waals surface area (Å²) in [5, 5.41) is 1.59. The molecule has 18 heavy (non-hydrogen) atoms. The molecule has 0 bridgehead atoms. The fourth-order valence-electron chi connectivity index (χ4n) is 2.19. The first-order chi connectivity index (χ1) is 8.61. The van der Waals surface area contributed by atoms with Crippen LogP contribution in [0.4, 0.5) is 0 Å². The van der Waals surface area contributed by atoms with E-state index in [-0.39, 0.29) is 5.91 Å². The van der Waals surface area contributed by atoms with Gasteiger partial charge >= 0.3 is 0 Å². The van der Waals surface area contributed by atoms with Crippen LogP contribution in [0.1, 0.15) is 23.2 Å². The number of rotatable bonds is 2. The van der Waals surface area contributed by atoms with E-state index in [0.29, 0.717) is 16.5 Å². The summed E-state index contributed by atoms with van der Waals surface area (Å²) in [7, 11) is 0. The van der Waals surface area contributed by atoms with Gasteiger partial charge in [-0.1, -0.05) is 27.5 Å². The van der Waals surface area contributed by atoms with Crippen molar-refractivity contribution in [1.29, 1.82) is 0 Å². The fourth-order valence-corrected chi connectivity index (χ4v) is 3.21. The molecular formula is C13H14Br2ClNO. The van der Waals surface area contributed by atoms with Crippen LogP contribution >= 0.6 is 43.5 Å². The van der Waals surface area contributed by atoms with Gasteiger partial charge in [-0.25, -0.2) is 0 Å². The Hall–Kier alpha value is -0.0600. The Bertz CT molecular complexity index is 453. The standard InChI is InChI=1S/C13H14Br2ClNO/c14-7-9-2-1-5-17(8-9)13(18)10-3-4-12(16)11(15)6-10/h3-4,6,9H,1-2,5,7-8H2. The Labute approximate surface area is 129 Å². The number of alkyl halides is 1. The van der Waals surface area contributed by atoms with Gasteiger partial charge in [0.15, 0.2) is 0 Å². The second-order valence-electron chi connectivity index (χ2n) is 4.54. The fraction of sp³-hybridized carbons (Fsp3) is 0.462. The molecule has 1 fully saturated rings. The van der Waals surface area contributed by atoms with Gasteiger partial charge in [-0.2, -0.15) is 0 Å². The molecule has 0 aromatic heterocycles. The number of carbonyl (C=O) groups excluding carboxylic acids is 1. The summed E-state index contributed by atoms with van der Waals surface area (Å²) in [5.74, 6) is 0.663. The van der Waals surface area contributed by atoms with E-state index in [2.05, 4.69) is 31.9 Å². The number of halogens is 3. The van der Waals surface area contributed by atoms with Crippen molar-refractivity contribution in [1.82, 2.24) is 4.90 Å². The van der Waals surface area contributed by atoms with Gasteiger partial charge in [-0.05, 0) is 52.9 Å². The molecule has 2 nitrogen and oxygen atoms in total. The molecule has 0 radical (unpaired) electrons. The van der Waals surface area contributed by atoms with Crippen LogP contribution in [0.3, 0.4) is 0 Å². The minimum Gasteiger partial charge on any atom is -0.338 e. The lowest BCUT2D eigenvalue weighted by Gasteiger charge is -2.32. The van der Waals surface area contributed by atoms with Crippen LogP contribution in [0, 0.1) is 5.92 Å². The molecule has 1 heterocycles. The number of likely N-dealkylation sites (tertiary alicyclic amines) is 1. The number of benzene rings is 1. The topological polar surface area (TPSA) is 20.3 Å². The smallest absolute Gasteiger partial charge is 0.253 e. The number of hydrogen-bond donors (Lipinski definition) is 0. The lowest BCUT2D eigenvalue weighted by molar-refractivity contribution is 0.0686. The highest BCUT2D eigenvalue weighted by Crippen LogP contribution is 2.25. The first kappa shape index (κ1) is 14.4.